The number of nitrogens with zero attached hydrogens (tertiary/aromatic N) is 1. The van der Waals surface area contributed by atoms with Crippen molar-refractivity contribution >= 4 is 11.4 Å². The molecule has 146 valence electrons. The third-order valence-electron chi connectivity index (χ3n) is 4.90. The largest absolute Gasteiger partial charge is 4.00 e. The Morgan fingerprint density at radius 1 is 0.679 bits per heavy atom. The quantitative estimate of drug-likeness (QED) is 0.411. The minimum absolute atomic E-state index is 0. The number of benzene rings is 2. The van der Waals surface area contributed by atoms with Gasteiger partial charge in [-0.2, -0.15) is 5.69 Å². The molecular weight excluding hydrogens is 418 g/mol. The molecule has 2 fully saturated rings. The van der Waals surface area contributed by atoms with Crippen molar-refractivity contribution in [3.8, 4) is 0 Å². The van der Waals surface area contributed by atoms with E-state index in [0.29, 0.717) is 0 Å². The molecule has 4 rings (SSSR count). The molecule has 2 aliphatic carbocycles. The maximum absolute atomic E-state index is 4.65. The molecule has 28 heavy (non-hydrogen) atoms. The van der Waals surface area contributed by atoms with E-state index >= 15 is 0 Å². The molecule has 2 aromatic rings. The average Bonchev–Trinajstić information content (AvgIpc) is 3.48. The molecular formula is C26H35NZr+2. The van der Waals surface area contributed by atoms with Crippen molar-refractivity contribution < 1.29 is 26.2 Å². The smallest absolute Gasteiger partial charge is 0.743 e. The Balaban J connectivity index is 0.000000290. The Kier molecular flexibility index (Phi) is 14.7. The zero-order valence-corrected chi connectivity index (χ0v) is 19.9. The molecule has 0 amide bonds. The first-order valence-corrected chi connectivity index (χ1v) is 10.7. The van der Waals surface area contributed by atoms with Crippen LogP contribution < -0.4 is 0 Å². The number of rotatable bonds is 4. The summed E-state index contributed by atoms with van der Waals surface area (Å²) in [6.45, 7) is 2.00. The Morgan fingerprint density at radius 3 is 1.46 bits per heavy atom. The number of para-hydroxylation sites is 1. The van der Waals surface area contributed by atoms with Gasteiger partial charge in [0.1, 0.15) is 0 Å². The van der Waals surface area contributed by atoms with Crippen LogP contribution in [0.4, 0.5) is 5.69 Å². The molecule has 2 saturated carbocycles. The molecule has 0 heterocycles. The van der Waals surface area contributed by atoms with Crippen LogP contribution in [0.5, 0.6) is 0 Å². The fourth-order valence-electron chi connectivity index (χ4n) is 3.37. The van der Waals surface area contributed by atoms with Crippen molar-refractivity contribution in [2.24, 2.45) is 0 Å². The molecule has 0 atom stereocenters. The fourth-order valence-corrected chi connectivity index (χ4v) is 3.37. The maximum atomic E-state index is 4.65. The van der Waals surface area contributed by atoms with Gasteiger partial charge in [0.2, 0.25) is 0 Å². The van der Waals surface area contributed by atoms with Crippen LogP contribution >= 0.6 is 0 Å². The zero-order chi connectivity index (χ0) is 19.0. The van der Waals surface area contributed by atoms with Gasteiger partial charge in [-0.3, -0.25) is 5.70 Å². The van der Waals surface area contributed by atoms with Gasteiger partial charge in [0.15, 0.2) is 0 Å². The van der Waals surface area contributed by atoms with E-state index < -0.39 is 0 Å². The topological polar surface area (TPSA) is 14.1 Å². The van der Waals surface area contributed by atoms with Crippen LogP contribution in [0.1, 0.15) is 76.7 Å². The SMILES string of the molecule is C1CCCC1.C1CCCC1.C[CH-]/C=C(\[N-]c1ccccc1)c1ccccc1.[Zr+4]. The van der Waals surface area contributed by atoms with Crippen molar-refractivity contribution in [1.29, 1.82) is 0 Å². The van der Waals surface area contributed by atoms with Crippen LogP contribution in [0.25, 0.3) is 11.0 Å². The Bertz CT molecular complexity index is 588. The summed E-state index contributed by atoms with van der Waals surface area (Å²) < 4.78 is 0. The minimum atomic E-state index is 0. The van der Waals surface area contributed by atoms with E-state index in [9.17, 15) is 0 Å². The molecule has 0 unspecified atom stereocenters. The number of allylic oxidation sites excluding steroid dienone is 1. The van der Waals surface area contributed by atoms with Crippen molar-refractivity contribution in [3.05, 3.63) is 84.0 Å². The first-order valence-electron chi connectivity index (χ1n) is 10.7. The van der Waals surface area contributed by atoms with Gasteiger partial charge in [-0.25, -0.2) is 12.5 Å². The standard InChI is InChI=1S/C16H15N.2C5H10.Zr/c1-2-9-16(14-10-5-3-6-11-14)17-15-12-7-4-8-13-15;2*1-2-4-5-3-1;/h2-13H,1H3;2*1-5H2;/q-2;;;+4/b16-9-;;;. The van der Waals surface area contributed by atoms with Gasteiger partial charge in [0.05, 0.1) is 0 Å². The summed E-state index contributed by atoms with van der Waals surface area (Å²) in [5.74, 6) is 0. The van der Waals surface area contributed by atoms with Gasteiger partial charge in [0.25, 0.3) is 0 Å². The zero-order valence-electron chi connectivity index (χ0n) is 17.4. The van der Waals surface area contributed by atoms with E-state index in [1.165, 1.54) is 64.2 Å². The molecule has 2 aliphatic rings. The predicted molar refractivity (Wildman–Crippen MR) is 120 cm³/mol. The van der Waals surface area contributed by atoms with Crippen molar-refractivity contribution in [2.75, 3.05) is 0 Å². The Labute approximate surface area is 192 Å². The normalized spacial score (nSPS) is 15.2. The molecule has 0 N–H and O–H groups in total. The fraction of sp³-hybridized carbons (Fsp3) is 0.423. The first kappa shape index (κ1) is 24.8. The monoisotopic (exact) mass is 451 g/mol. The molecule has 0 bridgehead atoms. The van der Waals surface area contributed by atoms with E-state index in [0.717, 1.165) is 16.9 Å². The van der Waals surface area contributed by atoms with E-state index in [1.54, 1.807) is 0 Å². The van der Waals surface area contributed by atoms with Gasteiger partial charge >= 0.3 is 26.2 Å². The van der Waals surface area contributed by atoms with Crippen LogP contribution in [0.3, 0.4) is 0 Å². The molecule has 0 saturated heterocycles. The molecule has 0 aliphatic heterocycles. The second-order valence-corrected chi connectivity index (χ2v) is 7.23. The van der Waals surface area contributed by atoms with Crippen LogP contribution in [0.15, 0.2) is 66.7 Å². The summed E-state index contributed by atoms with van der Waals surface area (Å²) in [5.41, 5.74) is 3.10. The molecule has 1 nitrogen and oxygen atoms in total. The second-order valence-electron chi connectivity index (χ2n) is 7.23. The average molecular weight is 453 g/mol. The summed E-state index contributed by atoms with van der Waals surface area (Å²) in [7, 11) is 0. The molecule has 0 radical (unpaired) electrons. The van der Waals surface area contributed by atoms with Gasteiger partial charge in [-0.15, -0.1) is 12.5 Å². The van der Waals surface area contributed by atoms with Gasteiger partial charge < -0.3 is 5.32 Å². The van der Waals surface area contributed by atoms with E-state index in [4.69, 9.17) is 0 Å². The summed E-state index contributed by atoms with van der Waals surface area (Å²) in [5, 5.41) is 4.65. The molecule has 2 heteroatoms. The minimum Gasteiger partial charge on any atom is -0.743 e. The summed E-state index contributed by atoms with van der Waals surface area (Å²) >= 11 is 0. The third kappa shape index (κ3) is 10.9. The Hall–Kier alpha value is -1.27. The second kappa shape index (κ2) is 16.7. The van der Waals surface area contributed by atoms with E-state index in [1.807, 2.05) is 68.0 Å². The molecule has 0 aromatic heterocycles. The summed E-state index contributed by atoms with van der Waals surface area (Å²) in [6.07, 6.45) is 19.0. The molecule has 0 spiro atoms. The third-order valence-corrected chi connectivity index (χ3v) is 4.90. The van der Waals surface area contributed by atoms with E-state index in [2.05, 4.69) is 17.4 Å². The van der Waals surface area contributed by atoms with Gasteiger partial charge in [0, 0.05) is 0 Å². The van der Waals surface area contributed by atoms with Crippen LogP contribution in [0, 0.1) is 6.42 Å². The summed E-state index contributed by atoms with van der Waals surface area (Å²) in [4.78, 5) is 0. The van der Waals surface area contributed by atoms with Crippen LogP contribution in [-0.4, -0.2) is 0 Å². The van der Waals surface area contributed by atoms with Crippen molar-refractivity contribution in [1.82, 2.24) is 0 Å². The van der Waals surface area contributed by atoms with Gasteiger partial charge in [-0.05, 0) is 0 Å². The van der Waals surface area contributed by atoms with Crippen molar-refractivity contribution in [2.45, 2.75) is 71.1 Å². The van der Waals surface area contributed by atoms with Crippen LogP contribution in [0.2, 0.25) is 0 Å². The number of hydrogen-bond acceptors (Lipinski definition) is 0. The summed E-state index contributed by atoms with van der Waals surface area (Å²) in [6, 6.07) is 20.2. The van der Waals surface area contributed by atoms with Gasteiger partial charge in [-0.1, -0.05) is 125 Å². The molecule has 2 aromatic carbocycles. The first-order chi connectivity index (χ1) is 13.4. The van der Waals surface area contributed by atoms with Crippen molar-refractivity contribution in [3.63, 3.8) is 0 Å². The maximum Gasteiger partial charge on any atom is 4.00 e. The number of hydrogen-bond donors (Lipinski definition) is 0. The Morgan fingerprint density at radius 2 is 1.07 bits per heavy atom. The predicted octanol–water partition coefficient (Wildman–Crippen LogP) is 8.86. The van der Waals surface area contributed by atoms with E-state index in [-0.39, 0.29) is 26.2 Å². The van der Waals surface area contributed by atoms with Crippen LogP contribution in [-0.2, 0) is 26.2 Å².